The molecule has 1 heterocycles. The molecule has 0 unspecified atom stereocenters. The number of amides is 3. The Balaban J connectivity index is 2.08. The molecule has 0 saturated carbocycles. The summed E-state index contributed by atoms with van der Waals surface area (Å²) in [4.78, 5) is 37.5. The van der Waals surface area contributed by atoms with E-state index >= 15 is 0 Å². The maximum Gasteiger partial charge on any atom is 0.337 e. The smallest absolute Gasteiger partial charge is 0.337 e. The number of rotatable bonds is 6. The lowest BCUT2D eigenvalue weighted by molar-refractivity contribution is -0.131. The fourth-order valence-corrected chi connectivity index (χ4v) is 2.68. The minimum atomic E-state index is -0.840. The highest BCUT2D eigenvalue weighted by atomic mass is 16.5. The van der Waals surface area contributed by atoms with Crippen molar-refractivity contribution in [3.05, 3.63) is 35.4 Å². The maximum absolute atomic E-state index is 12.6. The first-order valence-electron chi connectivity index (χ1n) is 8.08. The zero-order valence-electron chi connectivity index (χ0n) is 14.6. The fraction of sp³-hybridized carbons (Fsp3) is 0.500. The van der Waals surface area contributed by atoms with E-state index in [1.54, 1.807) is 31.2 Å². The van der Waals surface area contributed by atoms with Crippen LogP contribution in [0.1, 0.15) is 49.5 Å². The van der Waals surface area contributed by atoms with Crippen molar-refractivity contribution < 1.29 is 19.1 Å². The molecule has 2 rings (SSSR count). The fourth-order valence-electron chi connectivity index (χ4n) is 2.68. The number of esters is 1. The molecule has 0 aliphatic carbocycles. The zero-order chi connectivity index (χ0) is 17.9. The van der Waals surface area contributed by atoms with Crippen LogP contribution in [0.2, 0.25) is 0 Å². The van der Waals surface area contributed by atoms with Crippen molar-refractivity contribution in [2.75, 3.05) is 7.11 Å². The molecule has 1 aliphatic rings. The summed E-state index contributed by atoms with van der Waals surface area (Å²) in [5.41, 5.74) is 0.368. The lowest BCUT2D eigenvalue weighted by Gasteiger charge is -2.22. The normalized spacial score (nSPS) is 20.5. The van der Waals surface area contributed by atoms with Crippen LogP contribution in [-0.4, -0.2) is 35.5 Å². The third-order valence-corrected chi connectivity index (χ3v) is 4.28. The van der Waals surface area contributed by atoms with E-state index in [4.69, 9.17) is 0 Å². The number of imide groups is 1. The van der Waals surface area contributed by atoms with Crippen LogP contribution in [0.3, 0.4) is 0 Å². The van der Waals surface area contributed by atoms with Crippen LogP contribution in [0.15, 0.2) is 24.3 Å². The summed E-state index contributed by atoms with van der Waals surface area (Å²) in [6, 6.07) is 6.31. The molecular weight excluding hydrogens is 308 g/mol. The quantitative estimate of drug-likeness (QED) is 0.642. The second kappa shape index (κ2) is 7.03. The van der Waals surface area contributed by atoms with Crippen molar-refractivity contribution in [1.29, 1.82) is 0 Å². The van der Waals surface area contributed by atoms with Crippen molar-refractivity contribution in [3.63, 3.8) is 0 Å². The number of urea groups is 1. The van der Waals surface area contributed by atoms with Crippen molar-refractivity contribution in [2.24, 2.45) is 5.92 Å². The van der Waals surface area contributed by atoms with E-state index in [-0.39, 0.29) is 18.5 Å². The van der Waals surface area contributed by atoms with Crippen LogP contribution in [0.25, 0.3) is 0 Å². The van der Waals surface area contributed by atoms with E-state index in [0.717, 1.165) is 12.0 Å². The van der Waals surface area contributed by atoms with E-state index in [9.17, 15) is 14.4 Å². The van der Waals surface area contributed by atoms with Crippen LogP contribution in [-0.2, 0) is 16.1 Å². The summed E-state index contributed by atoms with van der Waals surface area (Å²) in [5, 5.41) is 2.81. The van der Waals surface area contributed by atoms with Gasteiger partial charge in [-0.3, -0.25) is 9.69 Å². The van der Waals surface area contributed by atoms with E-state index in [0.29, 0.717) is 17.9 Å². The van der Waals surface area contributed by atoms with Gasteiger partial charge in [0.15, 0.2) is 0 Å². The largest absolute Gasteiger partial charge is 0.465 e. The van der Waals surface area contributed by atoms with E-state index < -0.39 is 11.5 Å². The van der Waals surface area contributed by atoms with Crippen molar-refractivity contribution in [3.8, 4) is 0 Å². The van der Waals surface area contributed by atoms with Gasteiger partial charge in [0.1, 0.15) is 5.54 Å². The summed E-state index contributed by atoms with van der Waals surface area (Å²) >= 11 is 0. The molecule has 1 aliphatic heterocycles. The molecule has 1 N–H and O–H groups in total. The van der Waals surface area contributed by atoms with Crippen LogP contribution < -0.4 is 5.32 Å². The molecule has 0 radical (unpaired) electrons. The Labute approximate surface area is 142 Å². The van der Waals surface area contributed by atoms with Gasteiger partial charge in [0.25, 0.3) is 5.91 Å². The first-order valence-corrected chi connectivity index (χ1v) is 8.08. The third-order valence-electron chi connectivity index (χ3n) is 4.28. The van der Waals surface area contributed by atoms with Gasteiger partial charge < -0.3 is 10.1 Å². The molecule has 1 aromatic carbocycles. The number of hydrogen-bond acceptors (Lipinski definition) is 4. The maximum atomic E-state index is 12.6. The van der Waals surface area contributed by atoms with Crippen LogP contribution in [0.4, 0.5) is 4.79 Å². The average molecular weight is 332 g/mol. The zero-order valence-corrected chi connectivity index (χ0v) is 14.6. The number of carbonyl (C=O) groups excluding carboxylic acids is 3. The molecule has 0 aromatic heterocycles. The number of carbonyl (C=O) groups is 3. The summed E-state index contributed by atoms with van der Waals surface area (Å²) in [6.07, 6.45) is 1.48. The van der Waals surface area contributed by atoms with E-state index in [1.807, 2.05) is 0 Å². The number of nitrogens with one attached hydrogen (secondary N) is 1. The number of methoxy groups -OCH3 is 1. The van der Waals surface area contributed by atoms with Crippen molar-refractivity contribution in [2.45, 2.75) is 45.7 Å². The monoisotopic (exact) mass is 332 g/mol. The Morgan fingerprint density at radius 2 is 1.88 bits per heavy atom. The summed E-state index contributed by atoms with van der Waals surface area (Å²) < 4.78 is 4.65. The molecule has 3 amide bonds. The van der Waals surface area contributed by atoms with Gasteiger partial charge in [0.2, 0.25) is 0 Å². The highest BCUT2D eigenvalue weighted by Crippen LogP contribution is 2.26. The third kappa shape index (κ3) is 3.75. The van der Waals surface area contributed by atoms with Gasteiger partial charge in [0.05, 0.1) is 19.2 Å². The molecule has 1 aromatic rings. The molecule has 1 fully saturated rings. The number of ether oxygens (including phenoxy) is 1. The number of benzene rings is 1. The van der Waals surface area contributed by atoms with Crippen LogP contribution in [0.5, 0.6) is 0 Å². The minimum absolute atomic E-state index is 0.184. The van der Waals surface area contributed by atoms with Gasteiger partial charge >= 0.3 is 12.0 Å². The first-order chi connectivity index (χ1) is 11.3. The van der Waals surface area contributed by atoms with Crippen molar-refractivity contribution in [1.82, 2.24) is 10.2 Å². The molecular formula is C18H24N2O4. The Kier molecular flexibility index (Phi) is 5.26. The predicted molar refractivity (Wildman–Crippen MR) is 89.3 cm³/mol. The SMILES string of the molecule is COC(=O)c1ccc(CN2C(=O)N[C@](C)(CCC(C)C)C2=O)cc1. The minimum Gasteiger partial charge on any atom is -0.465 e. The van der Waals surface area contributed by atoms with E-state index in [2.05, 4.69) is 23.9 Å². The van der Waals surface area contributed by atoms with Gasteiger partial charge in [0, 0.05) is 0 Å². The van der Waals surface area contributed by atoms with Crippen LogP contribution >= 0.6 is 0 Å². The Hall–Kier alpha value is -2.37. The van der Waals surface area contributed by atoms with Gasteiger partial charge in [-0.15, -0.1) is 0 Å². The summed E-state index contributed by atoms with van der Waals surface area (Å²) in [6.45, 7) is 6.13. The van der Waals surface area contributed by atoms with Gasteiger partial charge in [-0.05, 0) is 43.4 Å². The Morgan fingerprint density at radius 3 is 2.42 bits per heavy atom. The Bertz CT molecular complexity index is 639. The summed E-state index contributed by atoms with van der Waals surface area (Å²) in [7, 11) is 1.32. The van der Waals surface area contributed by atoms with Gasteiger partial charge in [-0.1, -0.05) is 26.0 Å². The van der Waals surface area contributed by atoms with Crippen molar-refractivity contribution >= 4 is 17.9 Å². The molecule has 1 atom stereocenters. The topological polar surface area (TPSA) is 75.7 Å². The average Bonchev–Trinajstić information content (AvgIpc) is 2.77. The molecule has 0 bridgehead atoms. The highest BCUT2D eigenvalue weighted by molar-refractivity contribution is 6.06. The molecule has 0 spiro atoms. The second-order valence-corrected chi connectivity index (χ2v) is 6.77. The first kappa shape index (κ1) is 18.0. The lowest BCUT2D eigenvalue weighted by atomic mass is 9.92. The molecule has 6 nitrogen and oxygen atoms in total. The molecule has 130 valence electrons. The van der Waals surface area contributed by atoms with E-state index in [1.165, 1.54) is 12.0 Å². The molecule has 1 saturated heterocycles. The van der Waals surface area contributed by atoms with Crippen LogP contribution in [0, 0.1) is 5.92 Å². The summed E-state index contributed by atoms with van der Waals surface area (Å²) in [5.74, 6) is -0.158. The molecule has 24 heavy (non-hydrogen) atoms. The highest BCUT2D eigenvalue weighted by Gasteiger charge is 2.47. The standard InChI is InChI=1S/C18H24N2O4/c1-12(2)9-10-18(3)16(22)20(17(23)19-18)11-13-5-7-14(8-6-13)15(21)24-4/h5-8,12H,9-11H2,1-4H3,(H,19,23)/t18-/m1/s1. The second-order valence-electron chi connectivity index (χ2n) is 6.77. The Morgan fingerprint density at radius 1 is 1.25 bits per heavy atom. The van der Waals surface area contributed by atoms with Gasteiger partial charge in [-0.25, -0.2) is 9.59 Å². The predicted octanol–water partition coefficient (Wildman–Crippen LogP) is 2.72. The number of nitrogens with zero attached hydrogens (tertiary/aromatic N) is 1. The lowest BCUT2D eigenvalue weighted by Crippen LogP contribution is -2.44. The van der Waals surface area contributed by atoms with Gasteiger partial charge in [-0.2, -0.15) is 0 Å². The number of hydrogen-bond donors (Lipinski definition) is 1. The molecule has 6 heteroatoms.